The zero-order valence-corrected chi connectivity index (χ0v) is 7.92. The van der Waals surface area contributed by atoms with Crippen LogP contribution in [0.4, 0.5) is 0 Å². The summed E-state index contributed by atoms with van der Waals surface area (Å²) >= 11 is 0. The van der Waals surface area contributed by atoms with Gasteiger partial charge in [-0.1, -0.05) is 19.8 Å². The van der Waals surface area contributed by atoms with Gasteiger partial charge < -0.3 is 10.2 Å². The third-order valence-electron chi connectivity index (χ3n) is 3.20. The van der Waals surface area contributed by atoms with Gasteiger partial charge in [0.15, 0.2) is 0 Å². The maximum Gasteiger partial charge on any atom is 0.0673 e. The Hall–Kier alpha value is -0.0800. The van der Waals surface area contributed by atoms with Crippen molar-refractivity contribution in [3.63, 3.8) is 0 Å². The van der Waals surface area contributed by atoms with Crippen molar-refractivity contribution in [2.45, 2.75) is 51.0 Å². The zero-order chi connectivity index (χ0) is 9.03. The minimum atomic E-state index is -0.352. The fraction of sp³-hybridized carbons (Fsp3) is 1.00. The zero-order valence-electron chi connectivity index (χ0n) is 7.92. The van der Waals surface area contributed by atoms with E-state index in [1.54, 1.807) is 0 Å². The maximum atomic E-state index is 9.92. The van der Waals surface area contributed by atoms with Crippen LogP contribution in [0.2, 0.25) is 0 Å². The van der Waals surface area contributed by atoms with E-state index < -0.39 is 0 Å². The normalized spacial score (nSPS) is 34.8. The lowest BCUT2D eigenvalue weighted by Gasteiger charge is -2.43. The predicted octanol–water partition coefficient (Wildman–Crippen LogP) is 1.70. The number of aliphatic hydroxyl groups is 2. The minimum Gasteiger partial charge on any atom is -0.396 e. The summed E-state index contributed by atoms with van der Waals surface area (Å²) in [6, 6.07) is 0. The van der Waals surface area contributed by atoms with Crippen LogP contribution in [-0.4, -0.2) is 22.4 Å². The van der Waals surface area contributed by atoms with Crippen LogP contribution in [0.3, 0.4) is 0 Å². The molecule has 2 N–H and O–H groups in total. The number of rotatable bonds is 5. The van der Waals surface area contributed by atoms with Gasteiger partial charge in [0.2, 0.25) is 0 Å². The largest absolute Gasteiger partial charge is 0.396 e. The summed E-state index contributed by atoms with van der Waals surface area (Å²) in [5.41, 5.74) is -0.352. The van der Waals surface area contributed by atoms with E-state index in [0.29, 0.717) is 5.92 Å². The lowest BCUT2D eigenvalue weighted by Crippen LogP contribution is -2.45. The highest BCUT2D eigenvalue weighted by Gasteiger charge is 2.40. The van der Waals surface area contributed by atoms with Crippen LogP contribution in [0.1, 0.15) is 45.4 Å². The highest BCUT2D eigenvalue weighted by molar-refractivity contribution is 4.93. The molecule has 0 amide bonds. The topological polar surface area (TPSA) is 40.5 Å². The van der Waals surface area contributed by atoms with Gasteiger partial charge in [0.25, 0.3) is 0 Å². The third-order valence-corrected chi connectivity index (χ3v) is 3.20. The summed E-state index contributed by atoms with van der Waals surface area (Å²) in [7, 11) is 0. The fourth-order valence-corrected chi connectivity index (χ4v) is 1.86. The Morgan fingerprint density at radius 1 is 1.33 bits per heavy atom. The molecular formula is C10H20O2. The van der Waals surface area contributed by atoms with Crippen molar-refractivity contribution in [3.05, 3.63) is 0 Å². The molecule has 2 atom stereocenters. The Balaban J connectivity index is 2.06. The molecule has 12 heavy (non-hydrogen) atoms. The molecule has 0 spiro atoms. The van der Waals surface area contributed by atoms with Crippen molar-refractivity contribution in [2.24, 2.45) is 5.92 Å². The van der Waals surface area contributed by atoms with Crippen molar-refractivity contribution in [2.75, 3.05) is 6.61 Å². The second-order valence-corrected chi connectivity index (χ2v) is 4.08. The molecule has 0 aromatic heterocycles. The van der Waals surface area contributed by atoms with E-state index >= 15 is 0 Å². The van der Waals surface area contributed by atoms with Gasteiger partial charge in [0, 0.05) is 6.61 Å². The first-order valence-corrected chi connectivity index (χ1v) is 5.02. The molecule has 0 bridgehead atoms. The van der Waals surface area contributed by atoms with E-state index in [-0.39, 0.29) is 12.2 Å². The molecule has 2 nitrogen and oxygen atoms in total. The molecule has 1 fully saturated rings. The van der Waals surface area contributed by atoms with Gasteiger partial charge in [-0.05, 0) is 31.6 Å². The molecule has 0 aliphatic heterocycles. The van der Waals surface area contributed by atoms with Gasteiger partial charge in [-0.2, -0.15) is 0 Å². The SMILES string of the molecule is CC1CCC1(O)CCCCCO. The van der Waals surface area contributed by atoms with E-state index in [4.69, 9.17) is 5.11 Å². The van der Waals surface area contributed by atoms with Crippen LogP contribution in [0.25, 0.3) is 0 Å². The lowest BCUT2D eigenvalue weighted by atomic mass is 9.68. The first kappa shape index (κ1) is 10.0. The second kappa shape index (κ2) is 4.24. The molecule has 1 saturated carbocycles. The fourth-order valence-electron chi connectivity index (χ4n) is 1.86. The van der Waals surface area contributed by atoms with E-state index in [1.165, 1.54) is 6.42 Å². The highest BCUT2D eigenvalue weighted by atomic mass is 16.3. The molecule has 2 heteroatoms. The summed E-state index contributed by atoms with van der Waals surface area (Å²) in [5.74, 6) is 0.492. The van der Waals surface area contributed by atoms with Gasteiger partial charge in [-0.3, -0.25) is 0 Å². The van der Waals surface area contributed by atoms with Gasteiger partial charge in [0.1, 0.15) is 0 Å². The van der Waals surface area contributed by atoms with E-state index in [2.05, 4.69) is 6.92 Å². The van der Waals surface area contributed by atoms with Crippen LogP contribution in [0.15, 0.2) is 0 Å². The third kappa shape index (κ3) is 2.20. The number of hydrogen-bond acceptors (Lipinski definition) is 2. The summed E-state index contributed by atoms with van der Waals surface area (Å²) in [6.45, 7) is 2.41. The van der Waals surface area contributed by atoms with Gasteiger partial charge in [-0.15, -0.1) is 0 Å². The molecule has 1 aliphatic rings. The van der Waals surface area contributed by atoms with Crippen molar-refractivity contribution in [1.82, 2.24) is 0 Å². The molecule has 72 valence electrons. The summed E-state index contributed by atoms with van der Waals surface area (Å²) in [4.78, 5) is 0. The van der Waals surface area contributed by atoms with Crippen LogP contribution in [0, 0.1) is 5.92 Å². The molecule has 2 unspecified atom stereocenters. The maximum absolute atomic E-state index is 9.92. The number of hydrogen-bond donors (Lipinski definition) is 2. The monoisotopic (exact) mass is 172 g/mol. The second-order valence-electron chi connectivity index (χ2n) is 4.08. The quantitative estimate of drug-likeness (QED) is 0.620. The number of unbranched alkanes of at least 4 members (excludes halogenated alkanes) is 2. The smallest absolute Gasteiger partial charge is 0.0673 e. The first-order valence-electron chi connectivity index (χ1n) is 5.02. The molecule has 0 aromatic rings. The van der Waals surface area contributed by atoms with Crippen molar-refractivity contribution in [3.8, 4) is 0 Å². The Kier molecular flexibility index (Phi) is 3.53. The summed E-state index contributed by atoms with van der Waals surface area (Å²) < 4.78 is 0. The van der Waals surface area contributed by atoms with Crippen LogP contribution < -0.4 is 0 Å². The summed E-state index contributed by atoms with van der Waals surface area (Å²) in [5, 5.41) is 18.5. The minimum absolute atomic E-state index is 0.286. The van der Waals surface area contributed by atoms with E-state index in [1.807, 2.05) is 0 Å². The Bertz CT molecular complexity index is 136. The van der Waals surface area contributed by atoms with Crippen molar-refractivity contribution >= 4 is 0 Å². The van der Waals surface area contributed by atoms with Crippen molar-refractivity contribution in [1.29, 1.82) is 0 Å². The first-order chi connectivity index (χ1) is 5.69. The van der Waals surface area contributed by atoms with Crippen LogP contribution >= 0.6 is 0 Å². The van der Waals surface area contributed by atoms with Gasteiger partial charge in [-0.25, -0.2) is 0 Å². The van der Waals surface area contributed by atoms with Crippen LogP contribution in [0.5, 0.6) is 0 Å². The Morgan fingerprint density at radius 3 is 2.50 bits per heavy atom. The Morgan fingerprint density at radius 2 is 2.08 bits per heavy atom. The number of aliphatic hydroxyl groups excluding tert-OH is 1. The average molecular weight is 172 g/mol. The van der Waals surface area contributed by atoms with E-state index in [9.17, 15) is 5.11 Å². The average Bonchev–Trinajstić information content (AvgIpc) is 2.09. The van der Waals surface area contributed by atoms with Gasteiger partial charge >= 0.3 is 0 Å². The van der Waals surface area contributed by atoms with E-state index in [0.717, 1.165) is 32.1 Å². The molecule has 0 aromatic carbocycles. The lowest BCUT2D eigenvalue weighted by molar-refractivity contribution is -0.0935. The molecule has 0 radical (unpaired) electrons. The molecule has 0 heterocycles. The molecular weight excluding hydrogens is 152 g/mol. The predicted molar refractivity (Wildman–Crippen MR) is 48.9 cm³/mol. The van der Waals surface area contributed by atoms with Crippen LogP contribution in [-0.2, 0) is 0 Å². The molecule has 1 rings (SSSR count). The Labute approximate surface area is 74.6 Å². The standard InChI is InChI=1S/C10H20O2/c1-9-5-7-10(9,12)6-3-2-4-8-11/h9,11-12H,2-8H2,1H3. The highest BCUT2D eigenvalue weighted by Crippen LogP contribution is 2.41. The summed E-state index contributed by atoms with van der Waals surface area (Å²) in [6.07, 6.45) is 6.06. The van der Waals surface area contributed by atoms with Crippen molar-refractivity contribution < 1.29 is 10.2 Å². The molecule has 0 saturated heterocycles. The van der Waals surface area contributed by atoms with Gasteiger partial charge in [0.05, 0.1) is 5.60 Å². The molecule has 1 aliphatic carbocycles.